The van der Waals surface area contributed by atoms with E-state index in [4.69, 9.17) is 0 Å². The summed E-state index contributed by atoms with van der Waals surface area (Å²) in [6.45, 7) is 10.6. The van der Waals surface area contributed by atoms with Crippen LogP contribution in [0, 0.1) is 19.8 Å². The lowest BCUT2D eigenvalue weighted by molar-refractivity contribution is -0.120. The zero-order chi connectivity index (χ0) is 19.1. The number of benzene rings is 2. The number of carbonyl (C=O) groups is 1. The summed E-state index contributed by atoms with van der Waals surface area (Å²) in [4.78, 5) is 12.8. The molecule has 0 atom stereocenters. The van der Waals surface area contributed by atoms with E-state index in [2.05, 4.69) is 73.2 Å². The molecule has 1 aliphatic heterocycles. The van der Waals surface area contributed by atoms with Crippen LogP contribution in [0.4, 0.5) is 5.69 Å². The van der Waals surface area contributed by atoms with E-state index in [1.165, 1.54) is 27.4 Å². The topological polar surface area (TPSA) is 46.1 Å². The molecule has 2 heterocycles. The smallest absolute Gasteiger partial charge is 0.227 e. The van der Waals surface area contributed by atoms with Gasteiger partial charge in [0.2, 0.25) is 5.91 Å². The maximum Gasteiger partial charge on any atom is 0.227 e. The summed E-state index contributed by atoms with van der Waals surface area (Å²) in [7, 11) is 0. The van der Waals surface area contributed by atoms with Gasteiger partial charge in [-0.25, -0.2) is 0 Å². The van der Waals surface area contributed by atoms with E-state index in [9.17, 15) is 4.79 Å². The number of aryl methyl sites for hydroxylation is 2. The van der Waals surface area contributed by atoms with Crippen LogP contribution in [-0.4, -0.2) is 23.6 Å². The molecule has 2 N–H and O–H groups in total. The number of carbonyl (C=O) groups excluding carboxylic acids is 1. The van der Waals surface area contributed by atoms with E-state index >= 15 is 0 Å². The third-order valence-electron chi connectivity index (χ3n) is 5.92. The normalized spacial score (nSPS) is 15.7. The molecule has 0 bridgehead atoms. The second-order valence-electron chi connectivity index (χ2n) is 8.08. The van der Waals surface area contributed by atoms with Crippen molar-refractivity contribution in [1.29, 1.82) is 0 Å². The highest BCUT2D eigenvalue weighted by Gasteiger charge is 2.23. The van der Waals surface area contributed by atoms with E-state index < -0.39 is 0 Å². The molecule has 4 rings (SSSR count). The van der Waals surface area contributed by atoms with Gasteiger partial charge in [0.1, 0.15) is 0 Å². The molecule has 1 amide bonds. The van der Waals surface area contributed by atoms with Crippen molar-refractivity contribution in [3.8, 4) is 0 Å². The largest absolute Gasteiger partial charge is 0.338 e. The molecule has 1 fully saturated rings. The van der Waals surface area contributed by atoms with Crippen molar-refractivity contribution >= 4 is 33.4 Å². The molecule has 2 aromatic carbocycles. The Kier molecular flexibility index (Phi) is 4.68. The number of para-hydroxylation sites is 1. The van der Waals surface area contributed by atoms with Crippen molar-refractivity contribution in [3.63, 3.8) is 0 Å². The van der Waals surface area contributed by atoms with E-state index in [1.54, 1.807) is 0 Å². The highest BCUT2D eigenvalue weighted by molar-refractivity contribution is 6.12. The molecular weight excluding hydrogens is 334 g/mol. The summed E-state index contributed by atoms with van der Waals surface area (Å²) in [5, 5.41) is 9.11. The Hall–Kier alpha value is -2.33. The van der Waals surface area contributed by atoms with Gasteiger partial charge in [-0.1, -0.05) is 18.2 Å². The predicted octanol–water partition coefficient (Wildman–Crippen LogP) is 4.93. The average molecular weight is 364 g/mol. The van der Waals surface area contributed by atoms with Crippen molar-refractivity contribution in [1.82, 2.24) is 9.88 Å². The second-order valence-corrected chi connectivity index (χ2v) is 8.08. The maximum atomic E-state index is 12.8. The Morgan fingerprint density at radius 2 is 1.85 bits per heavy atom. The first-order valence-corrected chi connectivity index (χ1v) is 10.0. The highest BCUT2D eigenvalue weighted by Crippen LogP contribution is 2.38. The Morgan fingerprint density at radius 3 is 2.56 bits per heavy atom. The number of anilines is 1. The lowest BCUT2D eigenvalue weighted by Gasteiger charge is -2.23. The number of hydrogen-bond acceptors (Lipinski definition) is 2. The maximum absolute atomic E-state index is 12.8. The number of piperidine rings is 1. The summed E-state index contributed by atoms with van der Waals surface area (Å²) in [6.07, 6.45) is 1.83. The average Bonchev–Trinajstić information content (AvgIpc) is 2.99. The lowest BCUT2D eigenvalue weighted by atomic mass is 9.96. The summed E-state index contributed by atoms with van der Waals surface area (Å²) >= 11 is 0. The van der Waals surface area contributed by atoms with E-state index in [1.807, 2.05) is 0 Å². The Morgan fingerprint density at radius 1 is 1.15 bits per heavy atom. The number of hydrogen-bond donors (Lipinski definition) is 2. The van der Waals surface area contributed by atoms with Gasteiger partial charge in [-0.3, -0.25) is 4.79 Å². The number of rotatable bonds is 3. The van der Waals surface area contributed by atoms with Crippen LogP contribution in [0.1, 0.15) is 43.9 Å². The second kappa shape index (κ2) is 7.01. The van der Waals surface area contributed by atoms with Gasteiger partial charge in [0.05, 0.1) is 5.52 Å². The quantitative estimate of drug-likeness (QED) is 0.693. The van der Waals surface area contributed by atoms with E-state index in [-0.39, 0.29) is 11.8 Å². The zero-order valence-corrected chi connectivity index (χ0v) is 16.7. The third-order valence-corrected chi connectivity index (χ3v) is 5.92. The lowest BCUT2D eigenvalue weighted by Crippen LogP contribution is -2.34. The van der Waals surface area contributed by atoms with Crippen LogP contribution < -0.4 is 10.6 Å². The van der Waals surface area contributed by atoms with Gasteiger partial charge in [-0.15, -0.1) is 0 Å². The summed E-state index contributed by atoms with van der Waals surface area (Å²) < 4.78 is 2.41. The first kappa shape index (κ1) is 18.1. The van der Waals surface area contributed by atoms with Crippen LogP contribution in [0.2, 0.25) is 0 Å². The first-order valence-electron chi connectivity index (χ1n) is 10.0. The first-order chi connectivity index (χ1) is 13.0. The summed E-state index contributed by atoms with van der Waals surface area (Å²) in [6, 6.07) is 11.2. The Balaban J connectivity index is 1.85. The molecular formula is C23H29N3O. The SMILES string of the molecule is Cc1cc2c(c(C)c1NC(=O)C1CCNCC1)c1ccccc1n2C(C)C. The molecule has 0 aliphatic carbocycles. The predicted molar refractivity (Wildman–Crippen MR) is 114 cm³/mol. The summed E-state index contributed by atoms with van der Waals surface area (Å²) in [5.41, 5.74) is 5.79. The molecule has 0 unspecified atom stereocenters. The van der Waals surface area contributed by atoms with Crippen LogP contribution in [0.5, 0.6) is 0 Å². The molecule has 1 aromatic heterocycles. The van der Waals surface area contributed by atoms with Gasteiger partial charge in [0, 0.05) is 33.9 Å². The van der Waals surface area contributed by atoms with Gasteiger partial charge in [0.15, 0.2) is 0 Å². The molecule has 0 saturated carbocycles. The minimum Gasteiger partial charge on any atom is -0.338 e. The zero-order valence-electron chi connectivity index (χ0n) is 16.7. The molecule has 3 aromatic rings. The summed E-state index contributed by atoms with van der Waals surface area (Å²) in [5.74, 6) is 0.271. The fourth-order valence-electron chi connectivity index (χ4n) is 4.58. The third kappa shape index (κ3) is 3.02. The molecule has 4 heteroatoms. The molecule has 1 aliphatic rings. The Bertz CT molecular complexity index is 1010. The molecule has 142 valence electrons. The Labute approximate surface area is 160 Å². The van der Waals surface area contributed by atoms with Crippen molar-refractivity contribution in [2.75, 3.05) is 18.4 Å². The highest BCUT2D eigenvalue weighted by atomic mass is 16.1. The van der Waals surface area contributed by atoms with Gasteiger partial charge in [-0.2, -0.15) is 0 Å². The van der Waals surface area contributed by atoms with E-state index in [0.29, 0.717) is 6.04 Å². The van der Waals surface area contributed by atoms with Crippen LogP contribution >= 0.6 is 0 Å². The van der Waals surface area contributed by atoms with Crippen molar-refractivity contribution in [2.45, 2.75) is 46.6 Å². The van der Waals surface area contributed by atoms with Crippen LogP contribution in [0.3, 0.4) is 0 Å². The molecule has 0 spiro atoms. The fraction of sp³-hybridized carbons (Fsp3) is 0.435. The molecule has 27 heavy (non-hydrogen) atoms. The van der Waals surface area contributed by atoms with Crippen molar-refractivity contribution in [3.05, 3.63) is 41.5 Å². The number of nitrogens with zero attached hydrogens (tertiary/aromatic N) is 1. The van der Waals surface area contributed by atoms with E-state index in [0.717, 1.165) is 37.2 Å². The van der Waals surface area contributed by atoms with Crippen molar-refractivity contribution < 1.29 is 4.79 Å². The molecule has 0 radical (unpaired) electrons. The van der Waals surface area contributed by atoms with Gasteiger partial charge < -0.3 is 15.2 Å². The van der Waals surface area contributed by atoms with Gasteiger partial charge >= 0.3 is 0 Å². The number of fused-ring (bicyclic) bond motifs is 3. The standard InChI is InChI=1S/C23H29N3O/c1-14(2)26-19-8-6-5-7-18(19)21-16(4)22(15(3)13-20(21)26)25-23(27)17-9-11-24-12-10-17/h5-8,13-14,17,24H,9-12H2,1-4H3,(H,25,27). The number of nitrogens with one attached hydrogen (secondary N) is 2. The van der Waals surface area contributed by atoms with Crippen LogP contribution in [0.15, 0.2) is 30.3 Å². The molecule has 4 nitrogen and oxygen atoms in total. The minimum absolute atomic E-state index is 0.109. The van der Waals surface area contributed by atoms with Crippen LogP contribution in [0.25, 0.3) is 21.8 Å². The number of amides is 1. The van der Waals surface area contributed by atoms with Crippen molar-refractivity contribution in [2.24, 2.45) is 5.92 Å². The van der Waals surface area contributed by atoms with Gasteiger partial charge in [-0.05, 0) is 76.9 Å². The fourth-order valence-corrected chi connectivity index (χ4v) is 4.58. The van der Waals surface area contributed by atoms with Gasteiger partial charge in [0.25, 0.3) is 0 Å². The number of aromatic nitrogens is 1. The minimum atomic E-state index is 0.109. The van der Waals surface area contributed by atoms with Crippen LogP contribution in [-0.2, 0) is 4.79 Å². The molecule has 1 saturated heterocycles. The monoisotopic (exact) mass is 363 g/mol.